The van der Waals surface area contributed by atoms with Gasteiger partial charge in [0, 0.05) is 36.6 Å². The van der Waals surface area contributed by atoms with Crippen LogP contribution in [0.1, 0.15) is 12.5 Å². The van der Waals surface area contributed by atoms with Crippen LogP contribution in [0.5, 0.6) is 11.5 Å². The molecule has 0 saturated carbocycles. The van der Waals surface area contributed by atoms with E-state index in [1.807, 2.05) is 35.3 Å². The van der Waals surface area contributed by atoms with Crippen LogP contribution in [0.2, 0.25) is 0 Å². The molecule has 5 heteroatoms. The van der Waals surface area contributed by atoms with Gasteiger partial charge in [0.1, 0.15) is 0 Å². The summed E-state index contributed by atoms with van der Waals surface area (Å²) in [5.41, 5.74) is 2.18. The van der Waals surface area contributed by atoms with Gasteiger partial charge in [0.2, 0.25) is 6.79 Å². The van der Waals surface area contributed by atoms with Crippen molar-refractivity contribution in [3.05, 3.63) is 36.2 Å². The highest BCUT2D eigenvalue weighted by Crippen LogP contribution is 2.34. The maximum Gasteiger partial charge on any atom is 0.231 e. The third-order valence-corrected chi connectivity index (χ3v) is 2.88. The minimum atomic E-state index is 0.308. The molecule has 0 unspecified atom stereocenters. The van der Waals surface area contributed by atoms with Crippen molar-refractivity contribution in [3.63, 3.8) is 0 Å². The molecule has 94 valence electrons. The SMILES string of the molecule is CCn1cc(CNc2ccc3c(c2)OCO3)cn1. The first kappa shape index (κ1) is 11.0. The summed E-state index contributed by atoms with van der Waals surface area (Å²) in [4.78, 5) is 0. The van der Waals surface area contributed by atoms with E-state index in [-0.39, 0.29) is 0 Å². The standard InChI is InChI=1S/C13H15N3O2/c1-2-16-8-10(7-15-16)6-14-11-3-4-12-13(5-11)18-9-17-12/h3-5,7-8,14H,2,6,9H2,1H3. The molecular formula is C13H15N3O2. The van der Waals surface area contributed by atoms with E-state index in [0.717, 1.165) is 35.8 Å². The van der Waals surface area contributed by atoms with Gasteiger partial charge in [0.05, 0.1) is 6.20 Å². The summed E-state index contributed by atoms with van der Waals surface area (Å²) < 4.78 is 12.5. The number of ether oxygens (including phenoxy) is 2. The number of aryl methyl sites for hydroxylation is 1. The second kappa shape index (κ2) is 4.60. The zero-order chi connectivity index (χ0) is 12.4. The largest absolute Gasteiger partial charge is 0.454 e. The second-order valence-corrected chi connectivity index (χ2v) is 4.13. The van der Waals surface area contributed by atoms with Crippen molar-refractivity contribution in [2.45, 2.75) is 20.0 Å². The first-order valence-corrected chi connectivity index (χ1v) is 6.00. The fraction of sp³-hybridized carbons (Fsp3) is 0.308. The lowest BCUT2D eigenvalue weighted by Gasteiger charge is -2.05. The highest BCUT2D eigenvalue weighted by molar-refractivity contribution is 5.55. The highest BCUT2D eigenvalue weighted by atomic mass is 16.7. The van der Waals surface area contributed by atoms with Gasteiger partial charge in [0.15, 0.2) is 11.5 Å². The Morgan fingerprint density at radius 3 is 3.06 bits per heavy atom. The third kappa shape index (κ3) is 2.11. The summed E-state index contributed by atoms with van der Waals surface area (Å²) in [6.07, 6.45) is 3.92. The predicted molar refractivity (Wildman–Crippen MR) is 67.8 cm³/mol. The highest BCUT2D eigenvalue weighted by Gasteiger charge is 2.12. The van der Waals surface area contributed by atoms with Crippen molar-refractivity contribution in [2.24, 2.45) is 0 Å². The van der Waals surface area contributed by atoms with Crippen molar-refractivity contribution in [3.8, 4) is 11.5 Å². The van der Waals surface area contributed by atoms with Gasteiger partial charge in [-0.25, -0.2) is 0 Å². The van der Waals surface area contributed by atoms with E-state index >= 15 is 0 Å². The Kier molecular flexibility index (Phi) is 2.80. The van der Waals surface area contributed by atoms with Crippen LogP contribution >= 0.6 is 0 Å². The smallest absolute Gasteiger partial charge is 0.231 e. The number of hydrogen-bond donors (Lipinski definition) is 1. The number of fused-ring (bicyclic) bond motifs is 1. The van der Waals surface area contributed by atoms with Crippen LogP contribution in [-0.2, 0) is 13.1 Å². The maximum atomic E-state index is 5.33. The maximum absolute atomic E-state index is 5.33. The van der Waals surface area contributed by atoms with Crippen LogP contribution in [0.3, 0.4) is 0 Å². The molecule has 0 saturated heterocycles. The van der Waals surface area contributed by atoms with Crippen LogP contribution in [-0.4, -0.2) is 16.6 Å². The van der Waals surface area contributed by atoms with Gasteiger partial charge in [-0.15, -0.1) is 0 Å². The van der Waals surface area contributed by atoms with E-state index in [4.69, 9.17) is 9.47 Å². The molecule has 1 aliphatic rings. The van der Waals surface area contributed by atoms with Crippen molar-refractivity contribution in [2.75, 3.05) is 12.1 Å². The van der Waals surface area contributed by atoms with Crippen LogP contribution in [0.15, 0.2) is 30.6 Å². The molecule has 1 aromatic carbocycles. The normalized spacial score (nSPS) is 12.7. The average molecular weight is 245 g/mol. The van der Waals surface area contributed by atoms with Gasteiger partial charge in [-0.1, -0.05) is 0 Å². The van der Waals surface area contributed by atoms with Crippen LogP contribution in [0, 0.1) is 0 Å². The number of aromatic nitrogens is 2. The summed E-state index contributed by atoms with van der Waals surface area (Å²) in [5, 5.41) is 7.58. The molecular weight excluding hydrogens is 230 g/mol. The summed E-state index contributed by atoms with van der Waals surface area (Å²) in [7, 11) is 0. The molecule has 1 N–H and O–H groups in total. The van der Waals surface area contributed by atoms with E-state index in [0.29, 0.717) is 6.79 Å². The van der Waals surface area contributed by atoms with E-state index in [9.17, 15) is 0 Å². The molecule has 0 bridgehead atoms. The number of anilines is 1. The molecule has 1 aromatic heterocycles. The van der Waals surface area contributed by atoms with E-state index < -0.39 is 0 Å². The molecule has 5 nitrogen and oxygen atoms in total. The Balaban J connectivity index is 1.66. The average Bonchev–Trinajstić information content (AvgIpc) is 3.04. The van der Waals surface area contributed by atoms with Crippen molar-refractivity contribution >= 4 is 5.69 Å². The molecule has 0 atom stereocenters. The predicted octanol–water partition coefficient (Wildman–Crippen LogP) is 2.24. The minimum absolute atomic E-state index is 0.308. The Labute approximate surface area is 105 Å². The Bertz CT molecular complexity index is 551. The Morgan fingerprint density at radius 1 is 1.33 bits per heavy atom. The molecule has 0 radical (unpaired) electrons. The van der Waals surface area contributed by atoms with Crippen molar-refractivity contribution < 1.29 is 9.47 Å². The van der Waals surface area contributed by atoms with Gasteiger partial charge in [-0.3, -0.25) is 4.68 Å². The molecule has 2 aromatic rings. The molecule has 0 fully saturated rings. The Hall–Kier alpha value is -2.17. The number of rotatable bonds is 4. The monoisotopic (exact) mass is 245 g/mol. The molecule has 3 rings (SSSR count). The third-order valence-electron chi connectivity index (χ3n) is 2.88. The van der Waals surface area contributed by atoms with Gasteiger partial charge in [-0.2, -0.15) is 5.10 Å². The summed E-state index contributed by atoms with van der Waals surface area (Å²) in [6, 6.07) is 5.85. The van der Waals surface area contributed by atoms with Gasteiger partial charge in [-0.05, 0) is 19.1 Å². The molecule has 18 heavy (non-hydrogen) atoms. The van der Waals surface area contributed by atoms with Gasteiger partial charge < -0.3 is 14.8 Å². The van der Waals surface area contributed by atoms with Gasteiger partial charge in [0.25, 0.3) is 0 Å². The summed E-state index contributed by atoms with van der Waals surface area (Å²) in [6.45, 7) is 4.02. The molecule has 0 amide bonds. The quantitative estimate of drug-likeness (QED) is 0.897. The molecule has 0 spiro atoms. The number of nitrogens with one attached hydrogen (secondary N) is 1. The van der Waals surface area contributed by atoms with Crippen molar-refractivity contribution in [1.82, 2.24) is 9.78 Å². The number of hydrogen-bond acceptors (Lipinski definition) is 4. The topological polar surface area (TPSA) is 48.3 Å². The van der Waals surface area contributed by atoms with Gasteiger partial charge >= 0.3 is 0 Å². The molecule has 0 aliphatic carbocycles. The van der Waals surface area contributed by atoms with E-state index in [1.54, 1.807) is 0 Å². The van der Waals surface area contributed by atoms with Crippen LogP contribution < -0.4 is 14.8 Å². The number of benzene rings is 1. The first-order valence-electron chi connectivity index (χ1n) is 6.00. The second-order valence-electron chi connectivity index (χ2n) is 4.13. The lowest BCUT2D eigenvalue weighted by molar-refractivity contribution is 0.174. The first-order chi connectivity index (χ1) is 8.85. The zero-order valence-electron chi connectivity index (χ0n) is 10.2. The zero-order valence-corrected chi connectivity index (χ0v) is 10.2. The van der Waals surface area contributed by atoms with E-state index in [1.165, 1.54) is 0 Å². The Morgan fingerprint density at radius 2 is 2.22 bits per heavy atom. The fourth-order valence-electron chi connectivity index (χ4n) is 1.88. The van der Waals surface area contributed by atoms with E-state index in [2.05, 4.69) is 17.3 Å². The summed E-state index contributed by atoms with van der Waals surface area (Å²) >= 11 is 0. The van der Waals surface area contributed by atoms with Crippen molar-refractivity contribution in [1.29, 1.82) is 0 Å². The van der Waals surface area contributed by atoms with Crippen LogP contribution in [0.4, 0.5) is 5.69 Å². The minimum Gasteiger partial charge on any atom is -0.454 e. The number of nitrogens with zero attached hydrogens (tertiary/aromatic N) is 2. The lowest BCUT2D eigenvalue weighted by atomic mass is 10.2. The summed E-state index contributed by atoms with van der Waals surface area (Å²) in [5.74, 6) is 1.60. The fourth-order valence-corrected chi connectivity index (χ4v) is 1.88. The molecule has 2 heterocycles. The van der Waals surface area contributed by atoms with Crippen LogP contribution in [0.25, 0.3) is 0 Å². The molecule has 1 aliphatic heterocycles. The lowest BCUT2D eigenvalue weighted by Crippen LogP contribution is -1.98.